The largest absolute Gasteiger partial charge is 0.390 e. The van der Waals surface area contributed by atoms with Gasteiger partial charge in [0.25, 0.3) is 0 Å². The molecule has 166 valence electrons. The average Bonchev–Trinajstić information content (AvgIpc) is 3.21. The molecule has 0 aliphatic carbocycles. The van der Waals surface area contributed by atoms with Crippen LogP contribution in [0.25, 0.3) is 11.0 Å². The van der Waals surface area contributed by atoms with Crippen LogP contribution in [-0.4, -0.2) is 69.8 Å². The maximum absolute atomic E-state index is 11.4. The van der Waals surface area contributed by atoms with Gasteiger partial charge in [0.2, 0.25) is 0 Å². The Morgan fingerprint density at radius 2 is 2.27 bits per heavy atom. The molecule has 3 rings (SSSR count). The van der Waals surface area contributed by atoms with Gasteiger partial charge in [-0.2, -0.15) is 0 Å². The Kier molecular flexibility index (Phi) is 7.26. The molecule has 2 aromatic heterocycles. The van der Waals surface area contributed by atoms with Gasteiger partial charge in [-0.25, -0.2) is 9.97 Å². The van der Waals surface area contributed by atoms with E-state index in [2.05, 4.69) is 34.1 Å². The Hall–Kier alpha value is -1.84. The normalized spacial score (nSPS) is 24.2. The summed E-state index contributed by atoms with van der Waals surface area (Å²) in [6.45, 7) is 6.06. The van der Waals surface area contributed by atoms with Gasteiger partial charge in [0, 0.05) is 44.7 Å². The molecule has 2 aromatic rings. The number of aliphatic hydroxyl groups excluding tert-OH is 1. The molecule has 3 N–H and O–H groups in total. The van der Waals surface area contributed by atoms with E-state index in [1.807, 2.05) is 10.8 Å². The lowest BCUT2D eigenvalue weighted by atomic mass is 10.1. The number of hydrogen-bond donors (Lipinski definition) is 3. The first kappa shape index (κ1) is 22.8. The number of nitrogens with zero attached hydrogens (tertiary/aromatic N) is 4. The maximum Gasteiger partial charge on any atom is 0.325 e. The van der Waals surface area contributed by atoms with E-state index in [-0.39, 0.29) is 6.61 Å². The first-order valence-electron chi connectivity index (χ1n) is 9.99. The number of ether oxygens (including phenoxy) is 1. The van der Waals surface area contributed by atoms with Crippen molar-refractivity contribution in [1.82, 2.24) is 14.5 Å². The summed E-state index contributed by atoms with van der Waals surface area (Å²) >= 11 is 0. The van der Waals surface area contributed by atoms with Crippen LogP contribution in [0.1, 0.15) is 38.5 Å². The number of aliphatic hydroxyl groups is 1. The molecule has 0 saturated carbocycles. The molecule has 30 heavy (non-hydrogen) atoms. The van der Waals surface area contributed by atoms with Gasteiger partial charge in [-0.3, -0.25) is 9.56 Å². The molecule has 10 nitrogen and oxygen atoms in total. The molecule has 0 amide bonds. The van der Waals surface area contributed by atoms with Crippen LogP contribution in [0.4, 0.5) is 5.82 Å². The molecule has 0 bridgehead atoms. The van der Waals surface area contributed by atoms with Crippen molar-refractivity contribution in [3.8, 4) is 0 Å². The fraction of sp³-hybridized carbons (Fsp3) is 0.632. The van der Waals surface area contributed by atoms with Crippen LogP contribution in [0.15, 0.2) is 17.5 Å². The second-order valence-corrected chi connectivity index (χ2v) is 9.80. The van der Waals surface area contributed by atoms with Crippen molar-refractivity contribution in [1.29, 1.82) is 0 Å². The molecule has 3 heterocycles. The van der Waals surface area contributed by atoms with Gasteiger partial charge in [-0.1, -0.05) is 13.8 Å². The second kappa shape index (κ2) is 9.53. The summed E-state index contributed by atoms with van der Waals surface area (Å²) in [7, 11) is -1.95. The zero-order chi connectivity index (χ0) is 21.9. The molecule has 1 aliphatic heterocycles. The number of nitrogens with one attached hydrogen (secondary N) is 1. The number of aliphatic imine (C=N–C) groups is 1. The van der Waals surface area contributed by atoms with E-state index >= 15 is 0 Å². The van der Waals surface area contributed by atoms with Crippen molar-refractivity contribution in [2.45, 2.75) is 45.1 Å². The van der Waals surface area contributed by atoms with E-state index < -0.39 is 26.0 Å². The Morgan fingerprint density at radius 1 is 1.50 bits per heavy atom. The third-order valence-corrected chi connectivity index (χ3v) is 5.54. The minimum Gasteiger partial charge on any atom is -0.390 e. The lowest BCUT2D eigenvalue weighted by Gasteiger charge is -2.17. The van der Waals surface area contributed by atoms with Crippen LogP contribution in [0.2, 0.25) is 0 Å². The van der Waals surface area contributed by atoms with Crippen LogP contribution in [0, 0.1) is 5.92 Å². The number of fused-ring (bicyclic) bond motifs is 1. The van der Waals surface area contributed by atoms with E-state index in [0.717, 1.165) is 36.4 Å². The molecule has 4 unspecified atom stereocenters. The summed E-state index contributed by atoms with van der Waals surface area (Å²) in [5.74, 6) is 1.29. The summed E-state index contributed by atoms with van der Waals surface area (Å²) < 4.78 is 24.1. The van der Waals surface area contributed by atoms with Gasteiger partial charge >= 0.3 is 7.60 Å². The predicted molar refractivity (Wildman–Crippen MR) is 115 cm³/mol. The van der Waals surface area contributed by atoms with Crippen molar-refractivity contribution in [2.75, 3.05) is 32.2 Å². The van der Waals surface area contributed by atoms with Gasteiger partial charge < -0.3 is 29.1 Å². The molecular weight excluding hydrogens is 409 g/mol. The number of rotatable bonds is 9. The summed E-state index contributed by atoms with van der Waals surface area (Å²) in [6, 6.07) is 0. The molecule has 0 spiro atoms. The molecule has 11 heteroatoms. The molecule has 1 saturated heterocycles. The van der Waals surface area contributed by atoms with Crippen LogP contribution in [-0.2, 0) is 13.8 Å². The van der Waals surface area contributed by atoms with Crippen molar-refractivity contribution < 1.29 is 23.8 Å². The summed E-state index contributed by atoms with van der Waals surface area (Å²) in [4.78, 5) is 22.3. The second-order valence-electron chi connectivity index (χ2n) is 7.94. The molecule has 4 atom stereocenters. The van der Waals surface area contributed by atoms with Gasteiger partial charge in [0.1, 0.15) is 30.1 Å². The minimum atomic E-state index is -3.65. The first-order valence-corrected chi connectivity index (χ1v) is 12.0. The first-order chi connectivity index (χ1) is 14.2. The number of anilines is 1. The smallest absolute Gasteiger partial charge is 0.325 e. The van der Waals surface area contributed by atoms with Crippen LogP contribution in [0.3, 0.4) is 0 Å². The Morgan fingerprint density at radius 3 is 2.93 bits per heavy atom. The number of aromatic nitrogens is 3. The highest BCUT2D eigenvalue weighted by Crippen LogP contribution is 2.39. The topological polar surface area (TPSA) is 131 Å². The summed E-state index contributed by atoms with van der Waals surface area (Å²) in [5.41, 5.74) is 1.50. The molecule has 0 aromatic carbocycles. The van der Waals surface area contributed by atoms with E-state index in [4.69, 9.17) is 9.26 Å². The van der Waals surface area contributed by atoms with E-state index in [0.29, 0.717) is 18.0 Å². The highest BCUT2D eigenvalue weighted by Gasteiger charge is 2.37. The SMILES string of the molecule is CN=Cc1cn(C2CC(O)C(COP(C)(=O)O)O2)c2ncnc(NCCC(C)C)c12. The van der Waals surface area contributed by atoms with E-state index in [1.54, 1.807) is 13.3 Å². The third-order valence-electron chi connectivity index (χ3n) is 4.91. The van der Waals surface area contributed by atoms with Crippen molar-refractivity contribution in [3.63, 3.8) is 0 Å². The average molecular weight is 439 g/mol. The molecular formula is C19H30N5O5P. The minimum absolute atomic E-state index is 0.165. The van der Waals surface area contributed by atoms with Crippen molar-refractivity contribution >= 4 is 30.7 Å². The maximum atomic E-state index is 11.4. The fourth-order valence-electron chi connectivity index (χ4n) is 3.43. The van der Waals surface area contributed by atoms with Crippen LogP contribution < -0.4 is 5.32 Å². The zero-order valence-electron chi connectivity index (χ0n) is 17.7. The quantitative estimate of drug-likeness (QED) is 0.401. The van der Waals surface area contributed by atoms with E-state index in [9.17, 15) is 14.6 Å². The lowest BCUT2D eigenvalue weighted by molar-refractivity contribution is -0.0392. The third kappa shape index (κ3) is 5.44. The highest BCUT2D eigenvalue weighted by atomic mass is 31.2. The standard InChI is InChI=1S/C19H30N5O5P/c1-12(2)5-6-21-18-17-13(8-20-3)9-24(19(17)23-11-22-18)16-7-14(25)15(29-16)10-28-30(4,26)27/h8-9,11-12,14-16,25H,5-7,10H2,1-4H3,(H,26,27)(H,21,22,23). The summed E-state index contributed by atoms with van der Waals surface area (Å²) in [6.07, 6.45) is 4.39. The zero-order valence-corrected chi connectivity index (χ0v) is 18.6. The van der Waals surface area contributed by atoms with Crippen LogP contribution >= 0.6 is 7.60 Å². The Balaban J connectivity index is 1.88. The highest BCUT2D eigenvalue weighted by molar-refractivity contribution is 7.51. The lowest BCUT2D eigenvalue weighted by Crippen LogP contribution is -2.25. The predicted octanol–water partition coefficient (Wildman–Crippen LogP) is 2.42. The Bertz CT molecular complexity index is 941. The molecule has 0 radical (unpaired) electrons. The summed E-state index contributed by atoms with van der Waals surface area (Å²) in [5, 5.41) is 14.6. The number of hydrogen-bond acceptors (Lipinski definition) is 8. The van der Waals surface area contributed by atoms with Gasteiger partial charge in [-0.15, -0.1) is 0 Å². The van der Waals surface area contributed by atoms with Gasteiger partial charge in [-0.05, 0) is 12.3 Å². The van der Waals surface area contributed by atoms with E-state index in [1.165, 1.54) is 6.33 Å². The fourth-order valence-corrected chi connectivity index (χ4v) is 3.85. The molecule has 1 fully saturated rings. The van der Waals surface area contributed by atoms with Crippen molar-refractivity contribution in [2.24, 2.45) is 10.9 Å². The monoisotopic (exact) mass is 439 g/mol. The van der Waals surface area contributed by atoms with Gasteiger partial charge in [0.05, 0.1) is 18.1 Å². The molecule has 1 aliphatic rings. The van der Waals surface area contributed by atoms with Crippen molar-refractivity contribution in [3.05, 3.63) is 18.1 Å². The van der Waals surface area contributed by atoms with Crippen LogP contribution in [0.5, 0.6) is 0 Å². The Labute approximate surface area is 175 Å². The van der Waals surface area contributed by atoms with Gasteiger partial charge in [0.15, 0.2) is 0 Å².